The third-order valence-corrected chi connectivity index (χ3v) is 6.22. The quantitative estimate of drug-likeness (QED) is 0.610. The molecule has 0 saturated heterocycles. The molecule has 25 heavy (non-hydrogen) atoms. The fourth-order valence-electron chi connectivity index (χ4n) is 4.78. The molecule has 0 atom stereocenters. The van der Waals surface area contributed by atoms with E-state index in [-0.39, 0.29) is 0 Å². The Labute approximate surface area is 152 Å². The van der Waals surface area contributed by atoms with Gasteiger partial charge in [0.15, 0.2) is 0 Å². The summed E-state index contributed by atoms with van der Waals surface area (Å²) in [7, 11) is 0. The summed E-state index contributed by atoms with van der Waals surface area (Å²) in [4.78, 5) is 0. The van der Waals surface area contributed by atoms with E-state index in [4.69, 9.17) is 0 Å². The lowest BCUT2D eigenvalue weighted by atomic mass is 9.84. The zero-order valence-electron chi connectivity index (χ0n) is 15.3. The second kappa shape index (κ2) is 8.08. The van der Waals surface area contributed by atoms with Crippen LogP contribution >= 0.6 is 0 Å². The summed E-state index contributed by atoms with van der Waals surface area (Å²) in [6.07, 6.45) is 13.9. The van der Waals surface area contributed by atoms with Crippen LogP contribution in [0.5, 0.6) is 0 Å². The molecule has 0 radical (unpaired) electrons. The monoisotopic (exact) mass is 333 g/mol. The minimum absolute atomic E-state index is 0.768. The molecule has 4 rings (SSSR count). The van der Waals surface area contributed by atoms with E-state index in [0.717, 1.165) is 11.8 Å². The average Bonchev–Trinajstić information content (AvgIpc) is 2.70. The van der Waals surface area contributed by atoms with Gasteiger partial charge in [0.2, 0.25) is 0 Å². The molecule has 0 bridgehead atoms. The van der Waals surface area contributed by atoms with Crippen molar-refractivity contribution in [2.24, 2.45) is 0 Å². The van der Waals surface area contributed by atoms with Gasteiger partial charge < -0.3 is 5.32 Å². The van der Waals surface area contributed by atoms with Gasteiger partial charge in [-0.25, -0.2) is 0 Å². The molecular formula is C24H31N. The maximum atomic E-state index is 3.66. The van der Waals surface area contributed by atoms with Gasteiger partial charge >= 0.3 is 0 Å². The van der Waals surface area contributed by atoms with Crippen LogP contribution < -0.4 is 5.32 Å². The van der Waals surface area contributed by atoms with Crippen molar-refractivity contribution in [3.8, 4) is 0 Å². The number of nitrogens with one attached hydrogen (secondary N) is 1. The summed E-state index contributed by atoms with van der Waals surface area (Å²) >= 11 is 0. The molecule has 2 aliphatic rings. The maximum Gasteiger partial charge on any atom is 0.0387 e. The Morgan fingerprint density at radius 3 is 1.44 bits per heavy atom. The van der Waals surface area contributed by atoms with Gasteiger partial charge in [0.25, 0.3) is 0 Å². The third-order valence-electron chi connectivity index (χ3n) is 6.22. The van der Waals surface area contributed by atoms with E-state index in [1.165, 1.54) is 86.7 Å². The molecule has 2 aromatic carbocycles. The molecule has 0 aromatic heterocycles. The topological polar surface area (TPSA) is 12.0 Å². The molecule has 1 nitrogen and oxygen atoms in total. The lowest BCUT2D eigenvalue weighted by molar-refractivity contribution is 0.443. The first-order chi connectivity index (χ1) is 12.4. The van der Waals surface area contributed by atoms with Gasteiger partial charge in [-0.2, -0.15) is 0 Å². The summed E-state index contributed by atoms with van der Waals surface area (Å²) in [6.45, 7) is 0. The summed E-state index contributed by atoms with van der Waals surface area (Å²) in [5, 5.41) is 3.66. The first-order valence-electron chi connectivity index (χ1n) is 10.4. The second-order valence-corrected chi connectivity index (χ2v) is 8.05. The van der Waals surface area contributed by atoms with Crippen molar-refractivity contribution in [1.29, 1.82) is 0 Å². The van der Waals surface area contributed by atoms with Crippen molar-refractivity contribution in [3.05, 3.63) is 59.7 Å². The normalized spacial score (nSPS) is 19.7. The zero-order valence-corrected chi connectivity index (χ0v) is 15.3. The Morgan fingerprint density at radius 2 is 1.00 bits per heavy atom. The van der Waals surface area contributed by atoms with Crippen LogP contribution in [0, 0.1) is 0 Å². The van der Waals surface area contributed by atoms with Gasteiger partial charge in [0.1, 0.15) is 0 Å². The van der Waals surface area contributed by atoms with Gasteiger partial charge in [-0.15, -0.1) is 0 Å². The van der Waals surface area contributed by atoms with Gasteiger partial charge in [0.05, 0.1) is 0 Å². The van der Waals surface area contributed by atoms with Crippen molar-refractivity contribution in [3.63, 3.8) is 0 Å². The molecule has 2 aromatic rings. The van der Waals surface area contributed by atoms with Crippen LogP contribution in [0.1, 0.15) is 87.2 Å². The highest BCUT2D eigenvalue weighted by Crippen LogP contribution is 2.35. The fraction of sp³-hybridized carbons (Fsp3) is 0.500. The van der Waals surface area contributed by atoms with Crippen molar-refractivity contribution in [2.45, 2.75) is 76.0 Å². The molecule has 0 unspecified atom stereocenters. The van der Waals surface area contributed by atoms with E-state index in [1.807, 2.05) is 0 Å². The predicted octanol–water partition coefficient (Wildman–Crippen LogP) is 7.53. The van der Waals surface area contributed by atoms with Crippen molar-refractivity contribution >= 4 is 11.4 Å². The highest BCUT2D eigenvalue weighted by molar-refractivity contribution is 5.61. The Hall–Kier alpha value is -1.76. The van der Waals surface area contributed by atoms with E-state index in [2.05, 4.69) is 53.8 Å². The van der Waals surface area contributed by atoms with Crippen LogP contribution in [0.15, 0.2) is 48.5 Å². The Kier molecular flexibility index (Phi) is 5.40. The van der Waals surface area contributed by atoms with E-state index in [1.54, 1.807) is 0 Å². The van der Waals surface area contributed by atoms with Crippen LogP contribution in [-0.2, 0) is 0 Å². The van der Waals surface area contributed by atoms with Gasteiger partial charge in [-0.3, -0.25) is 0 Å². The van der Waals surface area contributed by atoms with Crippen LogP contribution in [0.2, 0.25) is 0 Å². The van der Waals surface area contributed by atoms with Crippen molar-refractivity contribution in [2.75, 3.05) is 5.32 Å². The number of hydrogen-bond donors (Lipinski definition) is 1. The Morgan fingerprint density at radius 1 is 0.560 bits per heavy atom. The summed E-state index contributed by atoms with van der Waals surface area (Å²) in [5.41, 5.74) is 5.52. The number of hydrogen-bond acceptors (Lipinski definition) is 1. The van der Waals surface area contributed by atoms with Gasteiger partial charge in [-0.1, -0.05) is 62.8 Å². The van der Waals surface area contributed by atoms with E-state index in [0.29, 0.717) is 0 Å². The standard InChI is InChI=1S/C24H31N/c1-3-9-19(10-4-1)21-13-7-15-23(17-21)25-24-16-8-14-22(18-24)20-11-5-2-6-12-20/h7-8,13-20,25H,1-6,9-12H2. The largest absolute Gasteiger partial charge is 0.356 e. The van der Waals surface area contributed by atoms with E-state index < -0.39 is 0 Å². The molecule has 1 N–H and O–H groups in total. The number of rotatable bonds is 4. The SMILES string of the molecule is c1cc(Nc2cccc(C3CCCCC3)c2)cc(C2CCCCC2)c1. The van der Waals surface area contributed by atoms with Gasteiger partial charge in [-0.05, 0) is 72.9 Å². The lowest BCUT2D eigenvalue weighted by Gasteiger charge is -2.23. The minimum Gasteiger partial charge on any atom is -0.356 e. The molecule has 2 fully saturated rings. The lowest BCUT2D eigenvalue weighted by Crippen LogP contribution is -2.05. The van der Waals surface area contributed by atoms with Crippen LogP contribution in [0.3, 0.4) is 0 Å². The molecular weight excluding hydrogens is 302 g/mol. The minimum atomic E-state index is 0.768. The predicted molar refractivity (Wildman–Crippen MR) is 108 cm³/mol. The van der Waals surface area contributed by atoms with E-state index >= 15 is 0 Å². The average molecular weight is 334 g/mol. The van der Waals surface area contributed by atoms with Crippen molar-refractivity contribution in [1.82, 2.24) is 0 Å². The summed E-state index contributed by atoms with van der Waals surface area (Å²) in [5.74, 6) is 1.54. The summed E-state index contributed by atoms with van der Waals surface area (Å²) < 4.78 is 0. The number of benzene rings is 2. The van der Waals surface area contributed by atoms with Crippen LogP contribution in [0.25, 0.3) is 0 Å². The van der Waals surface area contributed by atoms with Crippen molar-refractivity contribution < 1.29 is 0 Å². The zero-order chi connectivity index (χ0) is 16.9. The highest BCUT2D eigenvalue weighted by Gasteiger charge is 2.17. The fourth-order valence-corrected chi connectivity index (χ4v) is 4.78. The molecule has 0 spiro atoms. The first kappa shape index (κ1) is 16.7. The first-order valence-corrected chi connectivity index (χ1v) is 10.4. The molecule has 132 valence electrons. The number of anilines is 2. The Balaban J connectivity index is 1.48. The Bertz CT molecular complexity index is 618. The molecule has 2 aliphatic carbocycles. The third kappa shape index (κ3) is 4.26. The molecule has 0 aliphatic heterocycles. The smallest absolute Gasteiger partial charge is 0.0387 e. The molecule has 0 heterocycles. The highest BCUT2D eigenvalue weighted by atomic mass is 14.9. The van der Waals surface area contributed by atoms with E-state index in [9.17, 15) is 0 Å². The van der Waals surface area contributed by atoms with Crippen LogP contribution in [0.4, 0.5) is 11.4 Å². The molecule has 0 amide bonds. The molecule has 2 saturated carbocycles. The van der Waals surface area contributed by atoms with Crippen LogP contribution in [-0.4, -0.2) is 0 Å². The summed E-state index contributed by atoms with van der Waals surface area (Å²) in [6, 6.07) is 18.2. The van der Waals surface area contributed by atoms with Gasteiger partial charge in [0, 0.05) is 11.4 Å². The second-order valence-electron chi connectivity index (χ2n) is 8.05. The maximum absolute atomic E-state index is 3.66. The molecule has 1 heteroatoms.